The van der Waals surface area contributed by atoms with Crippen molar-refractivity contribution in [1.82, 2.24) is 4.90 Å². The highest BCUT2D eigenvalue weighted by atomic mass is 16.4. The van der Waals surface area contributed by atoms with Crippen molar-refractivity contribution in [3.8, 4) is 0 Å². The van der Waals surface area contributed by atoms with Crippen LogP contribution < -0.4 is 0 Å². The van der Waals surface area contributed by atoms with Crippen LogP contribution in [0.3, 0.4) is 0 Å². The maximum absolute atomic E-state index is 11.8. The molecule has 0 saturated carbocycles. The Bertz CT molecular complexity index is 422. The van der Waals surface area contributed by atoms with Gasteiger partial charge in [0.05, 0.1) is 5.92 Å². The maximum atomic E-state index is 11.8. The molecule has 0 radical (unpaired) electrons. The number of carbonyl (C=O) groups is 2. The molecular formula is C19H35NO4. The monoisotopic (exact) mass is 341 g/mol. The summed E-state index contributed by atoms with van der Waals surface area (Å²) < 4.78 is 0. The van der Waals surface area contributed by atoms with Crippen LogP contribution in [0.2, 0.25) is 0 Å². The normalized spacial score (nSPS) is 25.3. The summed E-state index contributed by atoms with van der Waals surface area (Å²) in [5.41, 5.74) is 0.0352. The maximum Gasteiger partial charge on any atom is 0.306 e. The number of hydrogen-bond acceptors (Lipinski definition) is 3. The molecule has 0 aromatic rings. The summed E-state index contributed by atoms with van der Waals surface area (Å²) in [6, 6.07) is 0. The molecule has 0 spiro atoms. The molecule has 0 bridgehead atoms. The molecule has 5 nitrogen and oxygen atoms in total. The lowest BCUT2D eigenvalue weighted by molar-refractivity contribution is -0.147. The smallest absolute Gasteiger partial charge is 0.306 e. The van der Waals surface area contributed by atoms with Crippen LogP contribution in [0, 0.1) is 17.8 Å². The molecule has 24 heavy (non-hydrogen) atoms. The number of nitrogens with zero attached hydrogens (tertiary/aromatic N) is 1. The molecule has 5 heteroatoms. The highest BCUT2D eigenvalue weighted by Gasteiger charge is 2.44. The number of hydrogen-bond donors (Lipinski definition) is 2. The van der Waals surface area contributed by atoms with Crippen molar-refractivity contribution < 1.29 is 19.8 Å². The van der Waals surface area contributed by atoms with E-state index in [9.17, 15) is 14.7 Å². The first-order chi connectivity index (χ1) is 11.2. The molecule has 1 saturated heterocycles. The number of likely N-dealkylation sites (tertiary alicyclic amines) is 1. The average molecular weight is 341 g/mol. The van der Waals surface area contributed by atoms with E-state index in [4.69, 9.17) is 5.11 Å². The van der Waals surface area contributed by atoms with E-state index in [0.29, 0.717) is 5.92 Å². The SMILES string of the molecule is CC1C(C(CCCCCCCC(=O)O)C(=O)O)CCN(C)C1(C)C. The molecule has 3 unspecified atom stereocenters. The van der Waals surface area contributed by atoms with Crippen molar-refractivity contribution >= 4 is 11.9 Å². The van der Waals surface area contributed by atoms with Gasteiger partial charge in [-0.25, -0.2) is 0 Å². The molecule has 1 fully saturated rings. The van der Waals surface area contributed by atoms with E-state index >= 15 is 0 Å². The van der Waals surface area contributed by atoms with E-state index < -0.39 is 11.9 Å². The van der Waals surface area contributed by atoms with Gasteiger partial charge in [-0.05, 0) is 58.5 Å². The van der Waals surface area contributed by atoms with Gasteiger partial charge in [0.15, 0.2) is 0 Å². The fraction of sp³-hybridized carbons (Fsp3) is 0.895. The summed E-state index contributed by atoms with van der Waals surface area (Å²) in [4.78, 5) is 24.6. The minimum atomic E-state index is -0.736. The molecule has 1 heterocycles. The zero-order valence-corrected chi connectivity index (χ0v) is 15.8. The van der Waals surface area contributed by atoms with Gasteiger partial charge in [-0.2, -0.15) is 0 Å². The van der Waals surface area contributed by atoms with E-state index in [1.54, 1.807) is 0 Å². The summed E-state index contributed by atoms with van der Waals surface area (Å²) in [6.45, 7) is 7.58. The second-order valence-corrected chi connectivity index (χ2v) is 7.96. The quantitative estimate of drug-likeness (QED) is 0.590. The van der Waals surface area contributed by atoms with Gasteiger partial charge in [0.25, 0.3) is 0 Å². The lowest BCUT2D eigenvalue weighted by Gasteiger charge is -2.50. The van der Waals surface area contributed by atoms with Gasteiger partial charge in [-0.3, -0.25) is 9.59 Å². The third-order valence-corrected chi connectivity index (χ3v) is 6.28. The topological polar surface area (TPSA) is 77.8 Å². The third kappa shape index (κ3) is 5.76. The number of carboxylic acids is 2. The second-order valence-electron chi connectivity index (χ2n) is 7.96. The predicted molar refractivity (Wildman–Crippen MR) is 95.1 cm³/mol. The van der Waals surface area contributed by atoms with Crippen molar-refractivity contribution in [2.45, 2.75) is 77.7 Å². The van der Waals surface area contributed by atoms with E-state index in [2.05, 4.69) is 32.7 Å². The molecule has 2 N–H and O–H groups in total. The van der Waals surface area contributed by atoms with E-state index in [1.807, 2.05) is 0 Å². The minimum absolute atomic E-state index is 0.0352. The summed E-state index contributed by atoms with van der Waals surface area (Å²) in [7, 11) is 2.12. The number of aliphatic carboxylic acids is 2. The highest BCUT2D eigenvalue weighted by Crippen LogP contribution is 2.41. The molecule has 1 aliphatic heterocycles. The van der Waals surface area contributed by atoms with Crippen molar-refractivity contribution in [1.29, 1.82) is 0 Å². The lowest BCUT2D eigenvalue weighted by Crippen LogP contribution is -2.55. The van der Waals surface area contributed by atoms with E-state index in [1.165, 1.54) is 0 Å². The standard InChI is InChI=1S/C19H35NO4/c1-14-15(12-13-20(4)19(14,2)3)16(18(23)24)10-8-6-5-7-9-11-17(21)22/h14-16H,5-13H2,1-4H3,(H,21,22)(H,23,24). The molecule has 1 rings (SSSR count). The largest absolute Gasteiger partial charge is 0.481 e. The van der Waals surface area contributed by atoms with Crippen LogP contribution in [0.15, 0.2) is 0 Å². The minimum Gasteiger partial charge on any atom is -0.481 e. The Labute approximate surface area is 146 Å². The molecule has 140 valence electrons. The number of rotatable bonds is 10. The molecule has 0 amide bonds. The zero-order chi connectivity index (χ0) is 18.3. The Balaban J connectivity index is 2.44. The number of unbranched alkanes of at least 4 members (excludes halogenated alkanes) is 4. The highest BCUT2D eigenvalue weighted by molar-refractivity contribution is 5.70. The van der Waals surface area contributed by atoms with E-state index in [0.717, 1.165) is 51.5 Å². The van der Waals surface area contributed by atoms with Crippen LogP contribution in [0.1, 0.15) is 72.1 Å². The van der Waals surface area contributed by atoms with Gasteiger partial charge in [0, 0.05) is 12.0 Å². The van der Waals surface area contributed by atoms with Crippen LogP contribution >= 0.6 is 0 Å². The fourth-order valence-electron chi connectivity index (χ4n) is 3.99. The summed E-state index contributed by atoms with van der Waals surface area (Å²) >= 11 is 0. The predicted octanol–water partition coefficient (Wildman–Crippen LogP) is 3.87. The van der Waals surface area contributed by atoms with Crippen LogP contribution in [0.25, 0.3) is 0 Å². The second kappa shape index (κ2) is 9.40. The molecule has 0 aromatic heterocycles. The van der Waals surface area contributed by atoms with Gasteiger partial charge in [0.1, 0.15) is 0 Å². The van der Waals surface area contributed by atoms with Crippen molar-refractivity contribution in [3.05, 3.63) is 0 Å². The summed E-state index contributed by atoms with van der Waals surface area (Å²) in [5, 5.41) is 18.3. The van der Waals surface area contributed by atoms with Crippen LogP contribution in [-0.4, -0.2) is 46.2 Å². The Hall–Kier alpha value is -1.10. The average Bonchev–Trinajstić information content (AvgIpc) is 2.49. The van der Waals surface area contributed by atoms with Crippen LogP contribution in [-0.2, 0) is 9.59 Å². The van der Waals surface area contributed by atoms with Gasteiger partial charge < -0.3 is 15.1 Å². The van der Waals surface area contributed by atoms with Crippen molar-refractivity contribution in [2.24, 2.45) is 17.8 Å². The zero-order valence-electron chi connectivity index (χ0n) is 15.8. The van der Waals surface area contributed by atoms with Crippen LogP contribution in [0.4, 0.5) is 0 Å². The molecule has 0 aliphatic carbocycles. The first kappa shape index (κ1) is 20.9. The Morgan fingerprint density at radius 1 is 1.12 bits per heavy atom. The Kier molecular flexibility index (Phi) is 8.20. The van der Waals surface area contributed by atoms with Gasteiger partial charge in [-0.1, -0.05) is 32.6 Å². The number of piperidine rings is 1. The molecular weight excluding hydrogens is 306 g/mol. The lowest BCUT2D eigenvalue weighted by atomic mass is 9.67. The first-order valence-corrected chi connectivity index (χ1v) is 9.33. The van der Waals surface area contributed by atoms with Gasteiger partial charge in [0.2, 0.25) is 0 Å². The molecule has 0 aromatic carbocycles. The van der Waals surface area contributed by atoms with Gasteiger partial charge >= 0.3 is 11.9 Å². The fourth-order valence-corrected chi connectivity index (χ4v) is 3.99. The number of carboxylic acid groups (broad SMARTS) is 2. The Morgan fingerprint density at radius 2 is 1.71 bits per heavy atom. The third-order valence-electron chi connectivity index (χ3n) is 6.28. The first-order valence-electron chi connectivity index (χ1n) is 9.33. The van der Waals surface area contributed by atoms with Crippen LogP contribution in [0.5, 0.6) is 0 Å². The molecule has 3 atom stereocenters. The van der Waals surface area contributed by atoms with Crippen molar-refractivity contribution in [2.75, 3.05) is 13.6 Å². The summed E-state index contributed by atoms with van der Waals surface area (Å²) in [5.74, 6) is -1.06. The molecule has 1 aliphatic rings. The van der Waals surface area contributed by atoms with Gasteiger partial charge in [-0.15, -0.1) is 0 Å². The summed E-state index contributed by atoms with van der Waals surface area (Å²) in [6.07, 6.45) is 6.48. The Morgan fingerprint density at radius 3 is 2.29 bits per heavy atom. The van der Waals surface area contributed by atoms with E-state index in [-0.39, 0.29) is 23.8 Å². The van der Waals surface area contributed by atoms with Crippen molar-refractivity contribution in [3.63, 3.8) is 0 Å².